The summed E-state index contributed by atoms with van der Waals surface area (Å²) in [5.41, 5.74) is 2.45. The fraction of sp³-hybridized carbons (Fsp3) is 0.294. The topological polar surface area (TPSA) is 82.2 Å². The smallest absolute Gasteiger partial charge is 0.261 e. The van der Waals surface area contributed by atoms with Crippen LogP contribution in [-0.4, -0.2) is 16.0 Å². The zero-order valence-electron chi connectivity index (χ0n) is 12.1. The van der Waals surface area contributed by atoms with Crippen LogP contribution in [0, 0.1) is 0 Å². The van der Waals surface area contributed by atoms with Crippen molar-refractivity contribution in [3.05, 3.63) is 69.1 Å². The minimum Gasteiger partial charge on any atom is -0.392 e. The molecule has 5 nitrogen and oxygen atoms in total. The molecule has 0 aliphatic heterocycles. The first-order valence-electron chi connectivity index (χ1n) is 7.37. The molecular weight excluding hydrogens is 280 g/mol. The van der Waals surface area contributed by atoms with Crippen molar-refractivity contribution in [3.63, 3.8) is 0 Å². The molecule has 114 valence electrons. The van der Waals surface area contributed by atoms with Gasteiger partial charge in [0.05, 0.1) is 6.61 Å². The van der Waals surface area contributed by atoms with Gasteiger partial charge in [0.2, 0.25) is 0 Å². The number of carbonyl (C=O) groups excluding carboxylic acids is 1. The van der Waals surface area contributed by atoms with Gasteiger partial charge in [-0.15, -0.1) is 0 Å². The third kappa shape index (κ3) is 3.26. The Morgan fingerprint density at radius 1 is 1.14 bits per heavy atom. The highest BCUT2D eigenvalue weighted by atomic mass is 16.3. The Kier molecular flexibility index (Phi) is 4.06. The van der Waals surface area contributed by atoms with E-state index in [1.165, 1.54) is 0 Å². The molecule has 1 aromatic heterocycles. The summed E-state index contributed by atoms with van der Waals surface area (Å²) in [6.07, 6.45) is 2.20. The summed E-state index contributed by atoms with van der Waals surface area (Å²) in [5.74, 6) is 0.0738. The Labute approximate surface area is 128 Å². The second kappa shape index (κ2) is 6.15. The van der Waals surface area contributed by atoms with Gasteiger partial charge >= 0.3 is 0 Å². The first kappa shape index (κ1) is 14.5. The fourth-order valence-electron chi connectivity index (χ4n) is 2.34. The summed E-state index contributed by atoms with van der Waals surface area (Å²) >= 11 is 0. The molecule has 0 atom stereocenters. The molecule has 0 unspecified atom stereocenters. The quantitative estimate of drug-likeness (QED) is 0.785. The van der Waals surface area contributed by atoms with Crippen molar-refractivity contribution >= 4 is 5.91 Å². The zero-order chi connectivity index (χ0) is 15.5. The highest BCUT2D eigenvalue weighted by Gasteiger charge is 2.25. The van der Waals surface area contributed by atoms with E-state index >= 15 is 0 Å². The molecule has 1 aliphatic rings. The number of amides is 1. The predicted molar refractivity (Wildman–Crippen MR) is 82.6 cm³/mol. The van der Waals surface area contributed by atoms with E-state index < -0.39 is 0 Å². The zero-order valence-corrected chi connectivity index (χ0v) is 12.1. The number of rotatable bonds is 5. The Morgan fingerprint density at radius 3 is 2.41 bits per heavy atom. The van der Waals surface area contributed by atoms with E-state index in [1.807, 2.05) is 18.2 Å². The highest BCUT2D eigenvalue weighted by molar-refractivity contribution is 5.93. The number of aromatic amines is 1. The van der Waals surface area contributed by atoms with Crippen molar-refractivity contribution in [1.82, 2.24) is 10.3 Å². The lowest BCUT2D eigenvalue weighted by Crippen LogP contribution is -2.29. The summed E-state index contributed by atoms with van der Waals surface area (Å²) in [5, 5.41) is 11.7. The first-order chi connectivity index (χ1) is 10.7. The lowest BCUT2D eigenvalue weighted by atomic mass is 10.1. The largest absolute Gasteiger partial charge is 0.392 e. The summed E-state index contributed by atoms with van der Waals surface area (Å²) in [7, 11) is 0. The SMILES string of the molecule is O=C(NCc1ccc(CO)cc1)c1ccc(C2CC2)[nH]c1=O. The monoisotopic (exact) mass is 298 g/mol. The van der Waals surface area contributed by atoms with Crippen LogP contribution in [0.4, 0.5) is 0 Å². The third-order valence-electron chi connectivity index (χ3n) is 3.85. The number of hydrogen-bond acceptors (Lipinski definition) is 3. The number of H-pyrrole nitrogens is 1. The number of benzene rings is 1. The van der Waals surface area contributed by atoms with Crippen molar-refractivity contribution in [1.29, 1.82) is 0 Å². The van der Waals surface area contributed by atoms with Crippen molar-refractivity contribution in [2.24, 2.45) is 0 Å². The molecule has 0 radical (unpaired) electrons. The minimum atomic E-state index is -0.380. The molecule has 1 fully saturated rings. The van der Waals surface area contributed by atoms with Crippen LogP contribution in [0.3, 0.4) is 0 Å². The van der Waals surface area contributed by atoms with Gasteiger partial charge in [0.15, 0.2) is 0 Å². The molecule has 5 heteroatoms. The predicted octanol–water partition coefficient (Wildman–Crippen LogP) is 1.67. The summed E-state index contributed by atoms with van der Waals surface area (Å²) in [4.78, 5) is 26.8. The molecule has 1 aromatic carbocycles. The average Bonchev–Trinajstić information content (AvgIpc) is 3.38. The van der Waals surface area contributed by atoms with Crippen LogP contribution in [0.15, 0.2) is 41.2 Å². The van der Waals surface area contributed by atoms with Crippen molar-refractivity contribution < 1.29 is 9.90 Å². The van der Waals surface area contributed by atoms with Crippen LogP contribution >= 0.6 is 0 Å². The Bertz CT molecular complexity index is 730. The van der Waals surface area contributed by atoms with Crippen LogP contribution in [-0.2, 0) is 13.2 Å². The molecule has 0 spiro atoms. The lowest BCUT2D eigenvalue weighted by molar-refractivity contribution is 0.0949. The molecule has 22 heavy (non-hydrogen) atoms. The van der Waals surface area contributed by atoms with Crippen molar-refractivity contribution in [3.8, 4) is 0 Å². The second-order valence-electron chi connectivity index (χ2n) is 5.59. The number of carbonyl (C=O) groups is 1. The van der Waals surface area contributed by atoms with Crippen molar-refractivity contribution in [2.45, 2.75) is 31.9 Å². The molecule has 0 saturated heterocycles. The Morgan fingerprint density at radius 2 is 1.82 bits per heavy atom. The van der Waals surface area contributed by atoms with Gasteiger partial charge in [0, 0.05) is 12.2 Å². The van der Waals surface area contributed by atoms with E-state index in [1.54, 1.807) is 18.2 Å². The molecule has 3 N–H and O–H groups in total. The van der Waals surface area contributed by atoms with Gasteiger partial charge in [-0.25, -0.2) is 0 Å². The standard InChI is InChI=1S/C17H18N2O3/c20-10-12-3-1-11(2-4-12)9-18-16(21)14-7-8-15(13-5-6-13)19-17(14)22/h1-4,7-8,13,20H,5-6,9-10H2,(H,18,21)(H,19,22). The lowest BCUT2D eigenvalue weighted by Gasteiger charge is -2.06. The van der Waals surface area contributed by atoms with Crippen LogP contribution < -0.4 is 10.9 Å². The number of aliphatic hydroxyl groups is 1. The van der Waals surface area contributed by atoms with E-state index in [-0.39, 0.29) is 23.6 Å². The second-order valence-corrected chi connectivity index (χ2v) is 5.59. The number of pyridine rings is 1. The maximum atomic E-state index is 12.1. The van der Waals surface area contributed by atoms with Crippen molar-refractivity contribution in [2.75, 3.05) is 0 Å². The van der Waals surface area contributed by atoms with Gasteiger partial charge in [-0.05, 0) is 42.0 Å². The molecule has 1 amide bonds. The Hall–Kier alpha value is -2.40. The molecule has 1 saturated carbocycles. The summed E-state index contributed by atoms with van der Waals surface area (Å²) in [6, 6.07) is 10.7. The molecule has 1 aliphatic carbocycles. The summed E-state index contributed by atoms with van der Waals surface area (Å²) < 4.78 is 0. The van der Waals surface area contributed by atoms with E-state index in [0.717, 1.165) is 29.7 Å². The normalized spacial score (nSPS) is 13.9. The molecular formula is C17H18N2O3. The van der Waals surface area contributed by atoms with E-state index in [0.29, 0.717) is 12.5 Å². The first-order valence-corrected chi connectivity index (χ1v) is 7.37. The van der Waals surface area contributed by atoms with Crippen LogP contribution in [0.25, 0.3) is 0 Å². The number of aromatic nitrogens is 1. The maximum Gasteiger partial charge on any atom is 0.261 e. The van der Waals surface area contributed by atoms with Gasteiger partial charge in [-0.2, -0.15) is 0 Å². The molecule has 2 aromatic rings. The third-order valence-corrected chi connectivity index (χ3v) is 3.85. The molecule has 3 rings (SSSR count). The van der Waals surface area contributed by atoms with E-state index in [9.17, 15) is 9.59 Å². The van der Waals surface area contributed by atoms with Gasteiger partial charge in [-0.1, -0.05) is 24.3 Å². The van der Waals surface area contributed by atoms with E-state index in [2.05, 4.69) is 10.3 Å². The van der Waals surface area contributed by atoms with Crippen LogP contribution in [0.5, 0.6) is 0 Å². The summed E-state index contributed by atoms with van der Waals surface area (Å²) in [6.45, 7) is 0.337. The van der Waals surface area contributed by atoms with Gasteiger partial charge < -0.3 is 15.4 Å². The van der Waals surface area contributed by atoms with Crippen LogP contribution in [0.2, 0.25) is 0 Å². The van der Waals surface area contributed by atoms with Gasteiger partial charge in [0.25, 0.3) is 11.5 Å². The number of nitrogens with one attached hydrogen (secondary N) is 2. The molecule has 1 heterocycles. The van der Waals surface area contributed by atoms with Crippen LogP contribution in [0.1, 0.15) is 45.9 Å². The average molecular weight is 298 g/mol. The Balaban J connectivity index is 1.64. The molecule has 0 bridgehead atoms. The maximum absolute atomic E-state index is 12.1. The van der Waals surface area contributed by atoms with E-state index in [4.69, 9.17) is 5.11 Å². The highest BCUT2D eigenvalue weighted by Crippen LogP contribution is 2.38. The number of aliphatic hydroxyl groups excluding tert-OH is 1. The number of hydrogen-bond donors (Lipinski definition) is 3. The fourth-order valence-corrected chi connectivity index (χ4v) is 2.34. The van der Waals surface area contributed by atoms with Gasteiger partial charge in [-0.3, -0.25) is 9.59 Å². The van der Waals surface area contributed by atoms with Gasteiger partial charge in [0.1, 0.15) is 5.56 Å². The minimum absolute atomic E-state index is 0.00460.